The van der Waals surface area contributed by atoms with E-state index in [2.05, 4.69) is 37.4 Å². The zero-order valence-corrected chi connectivity index (χ0v) is 11.0. The molecule has 2 rings (SSSR count). The van der Waals surface area contributed by atoms with Crippen molar-refractivity contribution in [2.45, 2.75) is 20.4 Å². The van der Waals surface area contributed by atoms with Crippen molar-refractivity contribution in [3.8, 4) is 0 Å². The Morgan fingerprint density at radius 2 is 1.94 bits per heavy atom. The Balaban J connectivity index is 2.13. The highest BCUT2D eigenvalue weighted by atomic mass is 16.1. The van der Waals surface area contributed by atoms with Crippen LogP contribution in [0.4, 0.5) is 5.69 Å². The second-order valence-electron chi connectivity index (χ2n) is 4.65. The molecule has 3 nitrogen and oxygen atoms in total. The summed E-state index contributed by atoms with van der Waals surface area (Å²) in [5.74, 6) is 0. The van der Waals surface area contributed by atoms with Crippen molar-refractivity contribution in [2.75, 3.05) is 5.32 Å². The predicted octanol–water partition coefficient (Wildman–Crippen LogP) is 2.61. The summed E-state index contributed by atoms with van der Waals surface area (Å²) in [5.41, 5.74) is 4.78. The second kappa shape index (κ2) is 5.08. The fraction of sp³-hybridized carbons (Fsp3) is 0.267. The lowest BCUT2D eigenvalue weighted by atomic mass is 10.1. The van der Waals surface area contributed by atoms with Gasteiger partial charge in [-0.25, -0.2) is 0 Å². The number of aromatic nitrogens is 1. The first kappa shape index (κ1) is 12.4. The van der Waals surface area contributed by atoms with Crippen LogP contribution in [0.15, 0.2) is 41.3 Å². The Kier molecular flexibility index (Phi) is 3.51. The van der Waals surface area contributed by atoms with Crippen molar-refractivity contribution in [1.82, 2.24) is 4.57 Å². The normalized spacial score (nSPS) is 10.4. The van der Waals surface area contributed by atoms with Crippen molar-refractivity contribution in [3.63, 3.8) is 0 Å². The van der Waals surface area contributed by atoms with Gasteiger partial charge in [-0.3, -0.25) is 4.79 Å². The lowest BCUT2D eigenvalue weighted by Crippen LogP contribution is -2.15. The SMILES string of the molecule is Cc1ccc(C)c(CNc2ccc(=O)n(C)c2)c1. The Bertz CT molecular complexity index is 614. The summed E-state index contributed by atoms with van der Waals surface area (Å²) in [7, 11) is 1.76. The lowest BCUT2D eigenvalue weighted by molar-refractivity contribution is 0.859. The minimum atomic E-state index is 0.00675. The lowest BCUT2D eigenvalue weighted by Gasteiger charge is -2.10. The molecule has 1 N–H and O–H groups in total. The van der Waals surface area contributed by atoms with Crippen molar-refractivity contribution in [2.24, 2.45) is 7.05 Å². The molecule has 0 aliphatic heterocycles. The maximum Gasteiger partial charge on any atom is 0.250 e. The maximum atomic E-state index is 11.3. The quantitative estimate of drug-likeness (QED) is 0.897. The molecule has 94 valence electrons. The van der Waals surface area contributed by atoms with Gasteiger partial charge in [0.25, 0.3) is 0 Å². The van der Waals surface area contributed by atoms with Gasteiger partial charge in [-0.05, 0) is 31.0 Å². The minimum Gasteiger partial charge on any atom is -0.380 e. The summed E-state index contributed by atoms with van der Waals surface area (Å²) in [6, 6.07) is 9.82. The molecule has 2 aromatic rings. The van der Waals surface area contributed by atoms with E-state index >= 15 is 0 Å². The van der Waals surface area contributed by atoms with E-state index in [9.17, 15) is 4.79 Å². The van der Waals surface area contributed by atoms with Crippen LogP contribution in [0.5, 0.6) is 0 Å². The Morgan fingerprint density at radius 3 is 2.67 bits per heavy atom. The Morgan fingerprint density at radius 1 is 1.17 bits per heavy atom. The first-order valence-electron chi connectivity index (χ1n) is 6.03. The van der Waals surface area contributed by atoms with Gasteiger partial charge in [-0.2, -0.15) is 0 Å². The van der Waals surface area contributed by atoms with Gasteiger partial charge in [0, 0.05) is 25.9 Å². The summed E-state index contributed by atoms with van der Waals surface area (Å²) in [5, 5.41) is 3.34. The van der Waals surface area contributed by atoms with Crippen molar-refractivity contribution in [1.29, 1.82) is 0 Å². The molecule has 0 aliphatic carbocycles. The summed E-state index contributed by atoms with van der Waals surface area (Å²) in [6.07, 6.45) is 1.81. The van der Waals surface area contributed by atoms with Crippen LogP contribution in [-0.4, -0.2) is 4.57 Å². The van der Waals surface area contributed by atoms with E-state index < -0.39 is 0 Å². The van der Waals surface area contributed by atoms with Crippen molar-refractivity contribution in [3.05, 3.63) is 63.6 Å². The molecule has 1 heterocycles. The van der Waals surface area contributed by atoms with Gasteiger partial charge in [0.1, 0.15) is 0 Å². The summed E-state index contributed by atoms with van der Waals surface area (Å²) in [6.45, 7) is 4.97. The van der Waals surface area contributed by atoms with E-state index in [-0.39, 0.29) is 5.56 Å². The third-order valence-electron chi connectivity index (χ3n) is 3.07. The van der Waals surface area contributed by atoms with Gasteiger partial charge in [0.05, 0.1) is 5.69 Å². The third-order valence-corrected chi connectivity index (χ3v) is 3.07. The topological polar surface area (TPSA) is 34.0 Å². The molecular formula is C15H18N2O. The maximum absolute atomic E-state index is 11.3. The number of nitrogens with one attached hydrogen (secondary N) is 1. The first-order valence-corrected chi connectivity index (χ1v) is 6.03. The summed E-state index contributed by atoms with van der Waals surface area (Å²) >= 11 is 0. The molecule has 0 saturated heterocycles. The van der Waals surface area contributed by atoms with Gasteiger partial charge >= 0.3 is 0 Å². The second-order valence-corrected chi connectivity index (χ2v) is 4.65. The Hall–Kier alpha value is -2.03. The molecule has 0 bridgehead atoms. The predicted molar refractivity (Wildman–Crippen MR) is 74.9 cm³/mol. The van der Waals surface area contributed by atoms with Crippen LogP contribution in [0.1, 0.15) is 16.7 Å². The average Bonchev–Trinajstić information content (AvgIpc) is 2.34. The molecule has 0 radical (unpaired) electrons. The number of anilines is 1. The van der Waals surface area contributed by atoms with E-state index in [1.807, 2.05) is 12.3 Å². The fourth-order valence-corrected chi connectivity index (χ4v) is 1.89. The Labute approximate surface area is 107 Å². The molecule has 1 aromatic carbocycles. The number of benzene rings is 1. The van der Waals surface area contributed by atoms with Crippen molar-refractivity contribution < 1.29 is 0 Å². The van der Waals surface area contributed by atoms with E-state index in [1.165, 1.54) is 16.7 Å². The molecule has 0 fully saturated rings. The van der Waals surface area contributed by atoms with Gasteiger partial charge in [-0.1, -0.05) is 23.8 Å². The molecule has 0 amide bonds. The average molecular weight is 242 g/mol. The van der Waals surface area contributed by atoms with Crippen LogP contribution in [0.25, 0.3) is 0 Å². The van der Waals surface area contributed by atoms with E-state index in [0.717, 1.165) is 12.2 Å². The zero-order chi connectivity index (χ0) is 13.1. The fourth-order valence-electron chi connectivity index (χ4n) is 1.89. The number of hydrogen-bond donors (Lipinski definition) is 1. The van der Waals surface area contributed by atoms with E-state index in [0.29, 0.717) is 0 Å². The van der Waals surface area contributed by atoms with Crippen molar-refractivity contribution >= 4 is 5.69 Å². The van der Waals surface area contributed by atoms with Crippen LogP contribution in [0, 0.1) is 13.8 Å². The molecule has 1 aromatic heterocycles. The van der Waals surface area contributed by atoms with Gasteiger partial charge < -0.3 is 9.88 Å². The van der Waals surface area contributed by atoms with Gasteiger partial charge in [-0.15, -0.1) is 0 Å². The number of nitrogens with zero attached hydrogens (tertiary/aromatic N) is 1. The first-order chi connectivity index (χ1) is 8.56. The highest BCUT2D eigenvalue weighted by molar-refractivity contribution is 5.42. The molecule has 0 saturated carbocycles. The molecule has 3 heteroatoms. The van der Waals surface area contributed by atoms with Gasteiger partial charge in [0.15, 0.2) is 0 Å². The molecular weight excluding hydrogens is 224 g/mol. The van der Waals surface area contributed by atoms with Crippen LogP contribution < -0.4 is 10.9 Å². The van der Waals surface area contributed by atoms with E-state index in [1.54, 1.807) is 17.7 Å². The molecule has 0 unspecified atom stereocenters. The van der Waals surface area contributed by atoms with E-state index in [4.69, 9.17) is 0 Å². The standard InChI is InChI=1S/C15H18N2O/c1-11-4-5-12(2)13(8-11)9-16-14-6-7-15(18)17(3)10-14/h4-8,10,16H,9H2,1-3H3. The number of hydrogen-bond acceptors (Lipinski definition) is 2. The molecule has 0 atom stereocenters. The number of rotatable bonds is 3. The third kappa shape index (κ3) is 2.80. The molecule has 0 spiro atoms. The molecule has 0 aliphatic rings. The van der Waals surface area contributed by atoms with Crippen LogP contribution in [0.3, 0.4) is 0 Å². The smallest absolute Gasteiger partial charge is 0.250 e. The molecule has 18 heavy (non-hydrogen) atoms. The van der Waals surface area contributed by atoms with Gasteiger partial charge in [0.2, 0.25) is 5.56 Å². The summed E-state index contributed by atoms with van der Waals surface area (Å²) in [4.78, 5) is 11.3. The monoisotopic (exact) mass is 242 g/mol. The summed E-state index contributed by atoms with van der Waals surface area (Å²) < 4.78 is 1.57. The largest absolute Gasteiger partial charge is 0.380 e. The highest BCUT2D eigenvalue weighted by Crippen LogP contribution is 2.13. The minimum absolute atomic E-state index is 0.00675. The number of aryl methyl sites for hydroxylation is 3. The number of pyridine rings is 1. The zero-order valence-electron chi connectivity index (χ0n) is 11.0. The highest BCUT2D eigenvalue weighted by Gasteiger charge is 2.00. The van der Waals surface area contributed by atoms with Crippen LogP contribution >= 0.6 is 0 Å². The van der Waals surface area contributed by atoms with Crippen LogP contribution in [0.2, 0.25) is 0 Å². The van der Waals surface area contributed by atoms with Crippen LogP contribution in [-0.2, 0) is 13.6 Å².